The molecule has 1 amide bonds. The minimum Gasteiger partial charge on any atom is -0.325 e. The monoisotopic (exact) mass is 381 g/mol. The fourth-order valence-electron chi connectivity index (χ4n) is 2.77. The first-order valence-corrected chi connectivity index (χ1v) is 9.94. The summed E-state index contributed by atoms with van der Waals surface area (Å²) in [6.45, 7) is 6.32. The number of amides is 1. The Morgan fingerprint density at radius 1 is 1.22 bits per heavy atom. The van der Waals surface area contributed by atoms with Crippen molar-refractivity contribution < 1.29 is 4.79 Å². The molecule has 7 heteroatoms. The van der Waals surface area contributed by atoms with E-state index < -0.39 is 0 Å². The van der Waals surface area contributed by atoms with Crippen LogP contribution in [0.5, 0.6) is 0 Å². The topological polar surface area (TPSA) is 72.7 Å². The Morgan fingerprint density at radius 3 is 2.81 bits per heavy atom. The van der Waals surface area contributed by atoms with Crippen LogP contribution in [0, 0.1) is 6.92 Å². The molecule has 0 bridgehead atoms. The zero-order valence-electron chi connectivity index (χ0n) is 15.7. The van der Waals surface area contributed by atoms with Gasteiger partial charge in [0.05, 0.1) is 11.4 Å². The number of hydrogen-bond acceptors (Lipinski definition) is 5. The number of hydrogen-bond donors (Lipinski definition) is 1. The van der Waals surface area contributed by atoms with Crippen molar-refractivity contribution >= 4 is 23.4 Å². The molecule has 1 unspecified atom stereocenters. The van der Waals surface area contributed by atoms with Gasteiger partial charge in [0.2, 0.25) is 11.1 Å². The average molecular weight is 382 g/mol. The molecule has 2 aromatic carbocycles. The van der Waals surface area contributed by atoms with Gasteiger partial charge in [-0.25, -0.2) is 0 Å². The summed E-state index contributed by atoms with van der Waals surface area (Å²) < 4.78 is 1.65. The van der Waals surface area contributed by atoms with Crippen molar-refractivity contribution in [3.8, 4) is 5.69 Å². The van der Waals surface area contributed by atoms with Crippen molar-refractivity contribution in [1.29, 1.82) is 0 Å². The molecule has 0 saturated carbocycles. The number of tetrazole rings is 1. The van der Waals surface area contributed by atoms with Gasteiger partial charge in [-0.05, 0) is 59.0 Å². The highest BCUT2D eigenvalue weighted by molar-refractivity contribution is 7.99. The molecule has 0 spiro atoms. The maximum absolute atomic E-state index is 12.5. The highest BCUT2D eigenvalue weighted by atomic mass is 32.2. The van der Waals surface area contributed by atoms with Crippen LogP contribution in [0.15, 0.2) is 53.7 Å². The van der Waals surface area contributed by atoms with Crippen molar-refractivity contribution in [3.05, 3.63) is 59.7 Å². The summed E-state index contributed by atoms with van der Waals surface area (Å²) in [5.41, 5.74) is 4.03. The lowest BCUT2D eigenvalue weighted by Gasteiger charge is -2.15. The van der Waals surface area contributed by atoms with Gasteiger partial charge in [-0.15, -0.1) is 5.10 Å². The molecular weight excluding hydrogens is 358 g/mol. The standard InChI is InChI=1S/C20H23N5OS/c1-4-15(3)17-10-5-6-11-18(17)21-19(26)13-27-20-22-23-24-25(20)16-9-7-8-14(2)12-16/h5-12,15H,4,13H2,1-3H3,(H,21,26). The fourth-order valence-corrected chi connectivity index (χ4v) is 3.46. The number of carbonyl (C=O) groups is 1. The number of rotatable bonds is 7. The summed E-state index contributed by atoms with van der Waals surface area (Å²) >= 11 is 1.32. The van der Waals surface area contributed by atoms with Crippen LogP contribution in [0.4, 0.5) is 5.69 Å². The Morgan fingerprint density at radius 2 is 2.04 bits per heavy atom. The molecule has 1 atom stereocenters. The predicted molar refractivity (Wildman–Crippen MR) is 108 cm³/mol. The van der Waals surface area contributed by atoms with E-state index >= 15 is 0 Å². The lowest BCUT2D eigenvalue weighted by atomic mass is 9.97. The van der Waals surface area contributed by atoms with Crippen LogP contribution >= 0.6 is 11.8 Å². The number of nitrogens with zero attached hydrogens (tertiary/aromatic N) is 4. The van der Waals surface area contributed by atoms with Gasteiger partial charge in [0.15, 0.2) is 0 Å². The SMILES string of the molecule is CCC(C)c1ccccc1NC(=O)CSc1nnnn1-c1cccc(C)c1. The predicted octanol–water partition coefficient (Wildman–Crippen LogP) is 4.22. The van der Waals surface area contributed by atoms with Gasteiger partial charge >= 0.3 is 0 Å². The van der Waals surface area contributed by atoms with E-state index in [0.717, 1.165) is 28.9 Å². The van der Waals surface area contributed by atoms with E-state index in [4.69, 9.17) is 0 Å². The molecule has 6 nitrogen and oxygen atoms in total. The molecule has 140 valence electrons. The summed E-state index contributed by atoms with van der Waals surface area (Å²) in [5, 5.41) is 15.4. The first-order valence-electron chi connectivity index (χ1n) is 8.95. The van der Waals surface area contributed by atoms with E-state index in [1.807, 2.05) is 49.4 Å². The second kappa shape index (κ2) is 8.81. The molecule has 3 rings (SSSR count). The van der Waals surface area contributed by atoms with Gasteiger partial charge in [-0.1, -0.05) is 55.9 Å². The first kappa shape index (κ1) is 19.1. The van der Waals surface area contributed by atoms with E-state index in [9.17, 15) is 4.79 Å². The van der Waals surface area contributed by atoms with Gasteiger partial charge in [-0.2, -0.15) is 4.68 Å². The molecule has 1 N–H and O–H groups in total. The van der Waals surface area contributed by atoms with Crippen molar-refractivity contribution in [2.75, 3.05) is 11.1 Å². The molecule has 0 fully saturated rings. The second-order valence-corrected chi connectivity index (χ2v) is 7.39. The van der Waals surface area contributed by atoms with E-state index in [-0.39, 0.29) is 11.7 Å². The lowest BCUT2D eigenvalue weighted by molar-refractivity contribution is -0.113. The molecule has 3 aromatic rings. The summed E-state index contributed by atoms with van der Waals surface area (Å²) in [7, 11) is 0. The van der Waals surface area contributed by atoms with Crippen molar-refractivity contribution in [2.45, 2.75) is 38.3 Å². The van der Waals surface area contributed by atoms with E-state index in [2.05, 4.69) is 40.8 Å². The molecule has 1 aromatic heterocycles. The van der Waals surface area contributed by atoms with Gasteiger partial charge in [0.1, 0.15) is 0 Å². The third kappa shape index (κ3) is 4.74. The third-order valence-electron chi connectivity index (χ3n) is 4.40. The van der Waals surface area contributed by atoms with Gasteiger partial charge in [0.25, 0.3) is 0 Å². The van der Waals surface area contributed by atoms with Gasteiger partial charge < -0.3 is 5.32 Å². The number of carbonyl (C=O) groups excluding carboxylic acids is 1. The molecule has 27 heavy (non-hydrogen) atoms. The normalized spacial score (nSPS) is 12.0. The van der Waals surface area contributed by atoms with Gasteiger partial charge in [0, 0.05) is 5.69 Å². The molecule has 0 saturated heterocycles. The Labute approximate surface area is 163 Å². The van der Waals surface area contributed by atoms with Crippen molar-refractivity contribution in [3.63, 3.8) is 0 Å². The van der Waals surface area contributed by atoms with Crippen LogP contribution in [-0.2, 0) is 4.79 Å². The van der Waals surface area contributed by atoms with E-state index in [1.54, 1.807) is 4.68 Å². The maximum atomic E-state index is 12.5. The Hall–Kier alpha value is -2.67. The highest BCUT2D eigenvalue weighted by Gasteiger charge is 2.14. The zero-order valence-corrected chi connectivity index (χ0v) is 16.5. The van der Waals surface area contributed by atoms with Crippen LogP contribution in [-0.4, -0.2) is 31.9 Å². The second-order valence-electron chi connectivity index (χ2n) is 6.45. The summed E-state index contributed by atoms with van der Waals surface area (Å²) in [4.78, 5) is 12.5. The third-order valence-corrected chi connectivity index (χ3v) is 5.32. The lowest BCUT2D eigenvalue weighted by Crippen LogP contribution is -2.16. The van der Waals surface area contributed by atoms with Crippen LogP contribution in [0.2, 0.25) is 0 Å². The molecule has 1 heterocycles. The highest BCUT2D eigenvalue weighted by Crippen LogP contribution is 2.27. The number of aromatic nitrogens is 4. The number of anilines is 1. The van der Waals surface area contributed by atoms with Crippen LogP contribution < -0.4 is 5.32 Å². The number of benzene rings is 2. The number of thioether (sulfide) groups is 1. The molecular formula is C20H23N5OS. The zero-order chi connectivity index (χ0) is 19.2. The molecule has 0 radical (unpaired) electrons. The fraction of sp³-hybridized carbons (Fsp3) is 0.300. The first-order chi connectivity index (χ1) is 13.1. The smallest absolute Gasteiger partial charge is 0.234 e. The van der Waals surface area contributed by atoms with Gasteiger partial charge in [-0.3, -0.25) is 4.79 Å². The Kier molecular flexibility index (Phi) is 6.24. The number of para-hydroxylation sites is 1. The van der Waals surface area contributed by atoms with E-state index in [1.165, 1.54) is 11.8 Å². The van der Waals surface area contributed by atoms with E-state index in [0.29, 0.717) is 11.1 Å². The largest absolute Gasteiger partial charge is 0.325 e. The Balaban J connectivity index is 1.67. The van der Waals surface area contributed by atoms with Crippen LogP contribution in [0.3, 0.4) is 0 Å². The van der Waals surface area contributed by atoms with Crippen LogP contribution in [0.1, 0.15) is 37.3 Å². The molecule has 0 aliphatic rings. The molecule has 0 aliphatic heterocycles. The summed E-state index contributed by atoms with van der Waals surface area (Å²) in [6.07, 6.45) is 1.02. The average Bonchev–Trinajstić information content (AvgIpc) is 3.15. The molecule has 0 aliphatic carbocycles. The quantitative estimate of drug-likeness (QED) is 0.621. The maximum Gasteiger partial charge on any atom is 0.234 e. The summed E-state index contributed by atoms with van der Waals surface area (Å²) in [5.74, 6) is 0.554. The van der Waals surface area contributed by atoms with Crippen molar-refractivity contribution in [1.82, 2.24) is 20.2 Å². The van der Waals surface area contributed by atoms with Crippen LogP contribution in [0.25, 0.3) is 5.69 Å². The minimum absolute atomic E-state index is 0.0745. The Bertz CT molecular complexity index is 924. The van der Waals surface area contributed by atoms with Crippen molar-refractivity contribution in [2.24, 2.45) is 0 Å². The minimum atomic E-state index is -0.0745. The number of nitrogens with one attached hydrogen (secondary N) is 1. The number of aryl methyl sites for hydroxylation is 1. The summed E-state index contributed by atoms with van der Waals surface area (Å²) in [6, 6.07) is 15.9.